The van der Waals surface area contributed by atoms with Crippen molar-refractivity contribution >= 4 is 23.3 Å². The Morgan fingerprint density at radius 1 is 1.40 bits per heavy atom. The summed E-state index contributed by atoms with van der Waals surface area (Å²) in [6.45, 7) is 1.64. The molecule has 108 valence electrons. The van der Waals surface area contributed by atoms with E-state index in [2.05, 4.69) is 10.5 Å². The highest BCUT2D eigenvalue weighted by Crippen LogP contribution is 2.28. The number of nitrogens with zero attached hydrogens (tertiary/aromatic N) is 3. The molecule has 2 N–H and O–H groups in total. The van der Waals surface area contributed by atoms with Gasteiger partial charge in [0.1, 0.15) is 5.69 Å². The number of nitrogens with one attached hydrogen (secondary N) is 1. The van der Waals surface area contributed by atoms with Crippen LogP contribution in [0.4, 0.5) is 17.1 Å². The van der Waals surface area contributed by atoms with Gasteiger partial charge >= 0.3 is 5.69 Å². The fourth-order valence-electron chi connectivity index (χ4n) is 1.37. The Morgan fingerprint density at radius 2 is 2.10 bits per heavy atom. The highest BCUT2D eigenvalue weighted by atomic mass is 16.6. The van der Waals surface area contributed by atoms with Gasteiger partial charge in [-0.1, -0.05) is 0 Å². The molecule has 0 fully saturated rings. The van der Waals surface area contributed by atoms with E-state index in [4.69, 9.17) is 5.11 Å². The molecule has 0 aromatic heterocycles. The van der Waals surface area contributed by atoms with Crippen LogP contribution in [0, 0.1) is 20.2 Å². The van der Waals surface area contributed by atoms with Gasteiger partial charge in [0, 0.05) is 12.3 Å². The molecule has 0 saturated heterocycles. The molecule has 9 nitrogen and oxygen atoms in total. The number of rotatable bonds is 7. The number of aliphatic hydroxyl groups excluding tert-OH is 1. The number of non-ortho nitro benzene ring substituents is 1. The third-order valence-corrected chi connectivity index (χ3v) is 2.38. The molecule has 9 heteroatoms. The van der Waals surface area contributed by atoms with Crippen molar-refractivity contribution in [1.82, 2.24) is 0 Å². The van der Waals surface area contributed by atoms with Crippen LogP contribution in [-0.4, -0.2) is 27.3 Å². The molecule has 0 bridgehead atoms. The van der Waals surface area contributed by atoms with E-state index in [0.717, 1.165) is 12.1 Å². The first kappa shape index (κ1) is 15.5. The van der Waals surface area contributed by atoms with Gasteiger partial charge in [0.2, 0.25) is 0 Å². The third kappa shape index (κ3) is 4.61. The summed E-state index contributed by atoms with van der Waals surface area (Å²) in [7, 11) is 0. The molecule has 20 heavy (non-hydrogen) atoms. The number of nitro benzene ring substituents is 2. The van der Waals surface area contributed by atoms with Crippen LogP contribution < -0.4 is 5.43 Å². The Bertz CT molecular complexity index is 530. The lowest BCUT2D eigenvalue weighted by Crippen LogP contribution is -2.00. The minimum atomic E-state index is -0.722. The SMILES string of the molecule is CC(O)CCC=NNc1ccc([N+](=O)[O-])cc1[N+](=O)[O-]. The number of anilines is 1. The van der Waals surface area contributed by atoms with Crippen molar-refractivity contribution in [2.75, 3.05) is 5.43 Å². The van der Waals surface area contributed by atoms with Gasteiger partial charge in [-0.25, -0.2) is 0 Å². The molecule has 0 radical (unpaired) electrons. The van der Waals surface area contributed by atoms with Crippen LogP contribution in [0.1, 0.15) is 19.8 Å². The van der Waals surface area contributed by atoms with E-state index in [1.807, 2.05) is 0 Å². The van der Waals surface area contributed by atoms with Crippen molar-refractivity contribution in [2.24, 2.45) is 5.10 Å². The summed E-state index contributed by atoms with van der Waals surface area (Å²) >= 11 is 0. The van der Waals surface area contributed by atoms with Gasteiger partial charge in [0.05, 0.1) is 22.0 Å². The van der Waals surface area contributed by atoms with Gasteiger partial charge in [-0.15, -0.1) is 0 Å². The smallest absolute Gasteiger partial charge is 0.301 e. The molecule has 0 saturated carbocycles. The van der Waals surface area contributed by atoms with Crippen LogP contribution >= 0.6 is 0 Å². The molecule has 1 atom stereocenters. The van der Waals surface area contributed by atoms with Crippen molar-refractivity contribution in [3.05, 3.63) is 38.4 Å². The van der Waals surface area contributed by atoms with Crippen LogP contribution in [0.25, 0.3) is 0 Å². The third-order valence-electron chi connectivity index (χ3n) is 2.38. The molecular weight excluding hydrogens is 268 g/mol. The van der Waals surface area contributed by atoms with Crippen molar-refractivity contribution in [3.8, 4) is 0 Å². The van der Waals surface area contributed by atoms with E-state index in [1.165, 1.54) is 12.3 Å². The van der Waals surface area contributed by atoms with Crippen LogP contribution in [0.2, 0.25) is 0 Å². The van der Waals surface area contributed by atoms with Crippen molar-refractivity contribution in [2.45, 2.75) is 25.9 Å². The summed E-state index contributed by atoms with van der Waals surface area (Å²) in [5, 5.41) is 34.2. The zero-order valence-electron chi connectivity index (χ0n) is 10.7. The second-order valence-corrected chi connectivity index (χ2v) is 4.07. The highest BCUT2D eigenvalue weighted by molar-refractivity contribution is 5.67. The van der Waals surface area contributed by atoms with Gasteiger partial charge in [-0.2, -0.15) is 5.10 Å². The number of benzene rings is 1. The summed E-state index contributed by atoms with van der Waals surface area (Å²) in [5.41, 5.74) is 1.74. The largest absolute Gasteiger partial charge is 0.393 e. The van der Waals surface area contributed by atoms with Gasteiger partial charge < -0.3 is 5.11 Å². The quantitative estimate of drug-likeness (QED) is 0.447. The number of hydrogen-bond donors (Lipinski definition) is 2. The van der Waals surface area contributed by atoms with Gasteiger partial charge in [-0.3, -0.25) is 25.7 Å². The topological polar surface area (TPSA) is 131 Å². The monoisotopic (exact) mass is 282 g/mol. The molecule has 1 aromatic rings. The molecule has 1 aromatic carbocycles. The van der Waals surface area contributed by atoms with Crippen molar-refractivity contribution < 1.29 is 15.0 Å². The molecule has 0 aliphatic rings. The van der Waals surface area contributed by atoms with E-state index in [-0.39, 0.29) is 11.4 Å². The van der Waals surface area contributed by atoms with Crippen LogP contribution in [0.15, 0.2) is 23.3 Å². The van der Waals surface area contributed by atoms with E-state index in [0.29, 0.717) is 12.8 Å². The molecular formula is C11H14N4O5. The number of hydrazone groups is 1. The fourth-order valence-corrected chi connectivity index (χ4v) is 1.37. The molecule has 0 aliphatic carbocycles. The zero-order chi connectivity index (χ0) is 15.1. The molecule has 0 spiro atoms. The fraction of sp³-hybridized carbons (Fsp3) is 0.364. The number of hydrogen-bond acceptors (Lipinski definition) is 7. The Kier molecular flexibility index (Phi) is 5.54. The predicted octanol–water partition coefficient (Wildman–Crippen LogP) is 2.06. The maximum Gasteiger partial charge on any atom is 0.301 e. The van der Waals surface area contributed by atoms with Crippen molar-refractivity contribution in [3.63, 3.8) is 0 Å². The maximum atomic E-state index is 10.8. The van der Waals surface area contributed by atoms with Crippen LogP contribution in [-0.2, 0) is 0 Å². The number of aliphatic hydroxyl groups is 1. The Labute approximate surface area is 114 Å². The lowest BCUT2D eigenvalue weighted by molar-refractivity contribution is -0.393. The zero-order valence-corrected chi connectivity index (χ0v) is 10.7. The molecule has 0 aliphatic heterocycles. The minimum absolute atomic E-state index is 0.0638. The van der Waals surface area contributed by atoms with Crippen molar-refractivity contribution in [1.29, 1.82) is 0 Å². The average Bonchev–Trinajstić information content (AvgIpc) is 2.37. The van der Waals surface area contributed by atoms with E-state index < -0.39 is 21.6 Å². The molecule has 1 unspecified atom stereocenters. The van der Waals surface area contributed by atoms with Gasteiger partial charge in [-0.05, 0) is 25.8 Å². The van der Waals surface area contributed by atoms with Gasteiger partial charge in [0.25, 0.3) is 5.69 Å². The van der Waals surface area contributed by atoms with E-state index in [9.17, 15) is 20.2 Å². The number of nitro groups is 2. The van der Waals surface area contributed by atoms with E-state index in [1.54, 1.807) is 6.92 Å². The highest BCUT2D eigenvalue weighted by Gasteiger charge is 2.18. The van der Waals surface area contributed by atoms with Crippen LogP contribution in [0.3, 0.4) is 0 Å². The minimum Gasteiger partial charge on any atom is -0.393 e. The Balaban J connectivity index is 2.79. The molecule has 0 heterocycles. The summed E-state index contributed by atoms with van der Waals surface area (Å²) < 4.78 is 0. The normalized spacial score (nSPS) is 12.3. The second kappa shape index (κ2) is 7.14. The summed E-state index contributed by atoms with van der Waals surface area (Å²) in [6.07, 6.45) is 2.05. The first-order valence-electron chi connectivity index (χ1n) is 5.80. The lowest BCUT2D eigenvalue weighted by Gasteiger charge is -2.02. The summed E-state index contributed by atoms with van der Waals surface area (Å²) in [6, 6.07) is 3.25. The standard InChI is InChI=1S/C11H14N4O5/c1-8(16)3-2-6-12-13-10-5-4-9(14(17)18)7-11(10)15(19)20/h4-8,13,16H,2-3H2,1H3. The summed E-state index contributed by atoms with van der Waals surface area (Å²) in [4.78, 5) is 20.0. The Hall–Kier alpha value is -2.55. The molecule has 1 rings (SSSR count). The maximum absolute atomic E-state index is 10.8. The first-order chi connectivity index (χ1) is 9.41. The predicted molar refractivity (Wildman–Crippen MR) is 72.8 cm³/mol. The first-order valence-corrected chi connectivity index (χ1v) is 5.80. The average molecular weight is 282 g/mol. The Morgan fingerprint density at radius 3 is 2.65 bits per heavy atom. The second-order valence-electron chi connectivity index (χ2n) is 4.07. The summed E-state index contributed by atoms with van der Waals surface area (Å²) in [5.74, 6) is 0. The van der Waals surface area contributed by atoms with Crippen LogP contribution in [0.5, 0.6) is 0 Å². The molecule has 0 amide bonds. The lowest BCUT2D eigenvalue weighted by atomic mass is 10.2. The van der Waals surface area contributed by atoms with E-state index >= 15 is 0 Å². The van der Waals surface area contributed by atoms with Gasteiger partial charge in [0.15, 0.2) is 0 Å².